The highest BCUT2D eigenvalue weighted by atomic mass is 32.2. The number of benzene rings is 1. The van der Waals surface area contributed by atoms with Gasteiger partial charge in [0.05, 0.1) is 19.1 Å². The van der Waals surface area contributed by atoms with Gasteiger partial charge in [0.2, 0.25) is 15.9 Å². The molecule has 6 nitrogen and oxygen atoms in total. The van der Waals surface area contributed by atoms with Crippen LogP contribution < -0.4 is 14.4 Å². The molecule has 0 fully saturated rings. The predicted molar refractivity (Wildman–Crippen MR) is 101 cm³/mol. The van der Waals surface area contributed by atoms with E-state index in [1.807, 2.05) is 0 Å². The molecule has 1 aromatic rings. The van der Waals surface area contributed by atoms with Crippen molar-refractivity contribution in [1.82, 2.24) is 5.32 Å². The number of nitrogens with zero attached hydrogens (tertiary/aromatic N) is 1. The van der Waals surface area contributed by atoms with Crippen LogP contribution in [0.2, 0.25) is 0 Å². The summed E-state index contributed by atoms with van der Waals surface area (Å²) in [6.45, 7) is 4.60. The Bertz CT molecular complexity index is 629. The maximum absolute atomic E-state index is 12.2. The van der Waals surface area contributed by atoms with Gasteiger partial charge < -0.3 is 10.1 Å². The van der Waals surface area contributed by atoms with Gasteiger partial charge in [0.25, 0.3) is 0 Å². The van der Waals surface area contributed by atoms with Crippen molar-refractivity contribution >= 4 is 21.6 Å². The molecule has 0 aliphatic carbocycles. The number of hydrogen-bond donors (Lipinski definition) is 1. The smallest absolute Gasteiger partial charge is 0.240 e. The molecule has 0 spiro atoms. The number of carbonyl (C=O) groups is 1. The quantitative estimate of drug-likeness (QED) is 0.650. The SMILES string of the molecule is CCCCC(CC)CNC(=O)CN(c1ccc(OC)cc1)S(C)(=O)=O. The summed E-state index contributed by atoms with van der Waals surface area (Å²) < 4.78 is 30.3. The second-order valence-electron chi connectivity index (χ2n) is 6.19. The Morgan fingerprint density at radius 1 is 1.24 bits per heavy atom. The van der Waals surface area contributed by atoms with Crippen molar-refractivity contribution in [3.05, 3.63) is 24.3 Å². The molecular weight excluding hydrogens is 340 g/mol. The molecule has 0 saturated carbocycles. The Labute approximate surface area is 151 Å². The molecule has 1 rings (SSSR count). The van der Waals surface area contributed by atoms with Gasteiger partial charge in [-0.25, -0.2) is 8.42 Å². The van der Waals surface area contributed by atoms with Gasteiger partial charge in [0.1, 0.15) is 12.3 Å². The normalized spacial score (nSPS) is 12.5. The Balaban J connectivity index is 2.73. The van der Waals surface area contributed by atoms with Crippen LogP contribution in [0.5, 0.6) is 5.75 Å². The standard InChI is InChI=1S/C18H30N2O4S/c1-5-7-8-15(6-2)13-19-18(21)14-20(25(4,22)23)16-9-11-17(24-3)12-10-16/h9-12,15H,5-8,13-14H2,1-4H3,(H,19,21). The molecule has 1 atom stereocenters. The Morgan fingerprint density at radius 3 is 2.36 bits per heavy atom. The lowest BCUT2D eigenvalue weighted by Crippen LogP contribution is -2.41. The molecule has 142 valence electrons. The van der Waals surface area contributed by atoms with Crippen LogP contribution in [0.25, 0.3) is 0 Å². The minimum atomic E-state index is -3.56. The number of carbonyl (C=O) groups excluding carboxylic acids is 1. The number of methoxy groups -OCH3 is 1. The van der Waals surface area contributed by atoms with Crippen molar-refractivity contribution in [3.63, 3.8) is 0 Å². The molecular formula is C18H30N2O4S. The Hall–Kier alpha value is -1.76. The molecule has 1 unspecified atom stereocenters. The van der Waals surface area contributed by atoms with Gasteiger partial charge in [0, 0.05) is 6.54 Å². The van der Waals surface area contributed by atoms with Crippen molar-refractivity contribution in [2.24, 2.45) is 5.92 Å². The number of ether oxygens (including phenoxy) is 1. The highest BCUT2D eigenvalue weighted by molar-refractivity contribution is 7.92. The number of unbranched alkanes of at least 4 members (excludes halogenated alkanes) is 1. The Kier molecular flexibility index (Phi) is 8.75. The van der Waals surface area contributed by atoms with Crippen LogP contribution in [-0.4, -0.2) is 40.8 Å². The van der Waals surface area contributed by atoms with E-state index in [2.05, 4.69) is 19.2 Å². The van der Waals surface area contributed by atoms with Crippen LogP contribution in [0.3, 0.4) is 0 Å². The van der Waals surface area contributed by atoms with Crippen LogP contribution in [0.4, 0.5) is 5.69 Å². The summed E-state index contributed by atoms with van der Waals surface area (Å²) in [6.07, 6.45) is 5.43. The van der Waals surface area contributed by atoms with Gasteiger partial charge in [-0.3, -0.25) is 9.10 Å². The summed E-state index contributed by atoms with van der Waals surface area (Å²) in [5, 5.41) is 2.87. The summed E-state index contributed by atoms with van der Waals surface area (Å²) in [5.41, 5.74) is 0.441. The molecule has 0 aliphatic heterocycles. The third kappa shape index (κ3) is 7.34. The summed E-state index contributed by atoms with van der Waals surface area (Å²) >= 11 is 0. The van der Waals surface area contributed by atoms with Crippen molar-refractivity contribution < 1.29 is 17.9 Å². The molecule has 0 aromatic heterocycles. The lowest BCUT2D eigenvalue weighted by molar-refractivity contribution is -0.119. The molecule has 0 radical (unpaired) electrons. The first-order valence-electron chi connectivity index (χ1n) is 8.70. The second-order valence-corrected chi connectivity index (χ2v) is 8.10. The Morgan fingerprint density at radius 2 is 1.88 bits per heavy atom. The summed E-state index contributed by atoms with van der Waals surface area (Å²) in [5.74, 6) is 0.760. The number of anilines is 1. The maximum Gasteiger partial charge on any atom is 0.240 e. The first kappa shape index (κ1) is 21.3. The number of rotatable bonds is 11. The lowest BCUT2D eigenvalue weighted by atomic mass is 9.99. The average Bonchev–Trinajstić information content (AvgIpc) is 2.59. The minimum Gasteiger partial charge on any atom is -0.497 e. The maximum atomic E-state index is 12.2. The van der Waals surface area contributed by atoms with E-state index in [0.717, 1.165) is 36.2 Å². The monoisotopic (exact) mass is 370 g/mol. The van der Waals surface area contributed by atoms with Gasteiger partial charge >= 0.3 is 0 Å². The highest BCUT2D eigenvalue weighted by Gasteiger charge is 2.21. The largest absolute Gasteiger partial charge is 0.497 e. The summed E-state index contributed by atoms with van der Waals surface area (Å²) in [6, 6.07) is 6.60. The highest BCUT2D eigenvalue weighted by Crippen LogP contribution is 2.21. The van der Waals surface area contributed by atoms with Crippen molar-refractivity contribution in [2.75, 3.05) is 30.8 Å². The molecule has 1 N–H and O–H groups in total. The summed E-state index contributed by atoms with van der Waals surface area (Å²) in [7, 11) is -2.02. The predicted octanol–water partition coefficient (Wildman–Crippen LogP) is 2.79. The van der Waals surface area contributed by atoms with E-state index < -0.39 is 10.0 Å². The molecule has 0 heterocycles. The van der Waals surface area contributed by atoms with E-state index in [4.69, 9.17) is 4.74 Å². The first-order valence-corrected chi connectivity index (χ1v) is 10.5. The molecule has 1 amide bonds. The van der Waals surface area contributed by atoms with Gasteiger partial charge in [0.15, 0.2) is 0 Å². The molecule has 1 aromatic carbocycles. The number of amides is 1. The lowest BCUT2D eigenvalue weighted by Gasteiger charge is -2.23. The molecule has 0 aliphatic rings. The van der Waals surface area contributed by atoms with E-state index in [9.17, 15) is 13.2 Å². The van der Waals surface area contributed by atoms with E-state index in [0.29, 0.717) is 23.9 Å². The number of nitrogens with one attached hydrogen (secondary N) is 1. The topological polar surface area (TPSA) is 75.7 Å². The zero-order chi connectivity index (χ0) is 18.9. The van der Waals surface area contributed by atoms with Crippen LogP contribution >= 0.6 is 0 Å². The number of sulfonamides is 1. The van der Waals surface area contributed by atoms with E-state index >= 15 is 0 Å². The summed E-state index contributed by atoms with van der Waals surface area (Å²) in [4.78, 5) is 12.2. The number of hydrogen-bond acceptors (Lipinski definition) is 4. The molecule has 0 saturated heterocycles. The zero-order valence-corrected chi connectivity index (χ0v) is 16.4. The van der Waals surface area contributed by atoms with Crippen molar-refractivity contribution in [1.29, 1.82) is 0 Å². The van der Waals surface area contributed by atoms with Crippen molar-refractivity contribution in [3.8, 4) is 5.75 Å². The third-order valence-electron chi connectivity index (χ3n) is 4.18. The van der Waals surface area contributed by atoms with E-state index in [1.54, 1.807) is 31.4 Å². The van der Waals surface area contributed by atoms with E-state index in [-0.39, 0.29) is 12.5 Å². The molecule has 7 heteroatoms. The van der Waals surface area contributed by atoms with Crippen LogP contribution in [0, 0.1) is 5.92 Å². The molecule has 25 heavy (non-hydrogen) atoms. The van der Waals surface area contributed by atoms with Crippen LogP contribution in [0.1, 0.15) is 39.5 Å². The van der Waals surface area contributed by atoms with Gasteiger partial charge in [-0.15, -0.1) is 0 Å². The van der Waals surface area contributed by atoms with Gasteiger partial charge in [-0.1, -0.05) is 33.1 Å². The van der Waals surface area contributed by atoms with E-state index in [1.165, 1.54) is 0 Å². The van der Waals surface area contributed by atoms with Gasteiger partial charge in [-0.05, 0) is 36.6 Å². The third-order valence-corrected chi connectivity index (χ3v) is 5.32. The molecule has 0 bridgehead atoms. The first-order chi connectivity index (χ1) is 11.8. The minimum absolute atomic E-state index is 0.227. The fraction of sp³-hybridized carbons (Fsp3) is 0.611. The zero-order valence-electron chi connectivity index (χ0n) is 15.6. The van der Waals surface area contributed by atoms with Gasteiger partial charge in [-0.2, -0.15) is 0 Å². The fourth-order valence-electron chi connectivity index (χ4n) is 2.54. The van der Waals surface area contributed by atoms with Crippen LogP contribution in [-0.2, 0) is 14.8 Å². The van der Waals surface area contributed by atoms with Crippen LogP contribution in [0.15, 0.2) is 24.3 Å². The fourth-order valence-corrected chi connectivity index (χ4v) is 3.39. The van der Waals surface area contributed by atoms with Crippen molar-refractivity contribution in [2.45, 2.75) is 39.5 Å². The average molecular weight is 371 g/mol. The second kappa shape index (κ2) is 10.3.